The monoisotopic (exact) mass is 864 g/mol. The van der Waals surface area contributed by atoms with Gasteiger partial charge < -0.3 is 4.57 Å². The Morgan fingerprint density at radius 2 is 0.818 bits per heavy atom. The molecule has 12 aromatic rings. The van der Waals surface area contributed by atoms with Gasteiger partial charge in [-0.2, -0.15) is 0 Å². The second-order valence-corrected chi connectivity index (χ2v) is 18.6. The van der Waals surface area contributed by atoms with Crippen LogP contribution >= 0.6 is 11.3 Å². The second kappa shape index (κ2) is 15.9. The highest BCUT2D eigenvalue weighted by atomic mass is 32.1. The van der Waals surface area contributed by atoms with Crippen LogP contribution in [0.15, 0.2) is 194 Å². The third-order valence-electron chi connectivity index (χ3n) is 13.0. The number of nitrogens with zero attached hydrogens (tertiary/aromatic N) is 4. The molecule has 4 nitrogen and oxygen atoms in total. The van der Waals surface area contributed by atoms with Crippen molar-refractivity contribution in [3.8, 4) is 73.2 Å². The molecule has 0 saturated carbocycles. The average molecular weight is 865 g/mol. The Hall–Kier alpha value is -7.99. The van der Waals surface area contributed by atoms with E-state index in [2.05, 4.69) is 190 Å². The van der Waals surface area contributed by atoms with E-state index in [1.54, 1.807) is 0 Å². The molecule has 0 amide bonds. The van der Waals surface area contributed by atoms with Gasteiger partial charge in [0.1, 0.15) is 0 Å². The van der Waals surface area contributed by atoms with Crippen molar-refractivity contribution in [2.45, 2.75) is 27.7 Å². The lowest BCUT2D eigenvalue weighted by molar-refractivity contribution is 1.06. The molecule has 3 heterocycles. The first kappa shape index (κ1) is 39.6. The minimum atomic E-state index is 0.607. The highest BCUT2D eigenvalue weighted by molar-refractivity contribution is 7.25. The quantitative estimate of drug-likeness (QED) is 0.160. The summed E-state index contributed by atoms with van der Waals surface area (Å²) >= 11 is 1.84. The molecule has 0 N–H and O–H groups in total. The normalized spacial score (nSPS) is 11.6. The van der Waals surface area contributed by atoms with E-state index in [9.17, 15) is 0 Å². The maximum absolute atomic E-state index is 5.35. The van der Waals surface area contributed by atoms with E-state index in [0.717, 1.165) is 44.5 Å². The first-order valence-corrected chi connectivity index (χ1v) is 23.3. The van der Waals surface area contributed by atoms with E-state index in [4.69, 9.17) is 15.0 Å². The Balaban J connectivity index is 1.15. The number of aryl methyl sites for hydroxylation is 4. The van der Waals surface area contributed by atoms with Crippen molar-refractivity contribution in [1.29, 1.82) is 0 Å². The molecule has 0 atom stereocenters. The van der Waals surface area contributed by atoms with Crippen LogP contribution in [0.25, 0.3) is 115 Å². The highest BCUT2D eigenvalue weighted by Crippen LogP contribution is 2.43. The Labute approximate surface area is 388 Å². The van der Waals surface area contributed by atoms with Gasteiger partial charge in [0.2, 0.25) is 0 Å². The van der Waals surface area contributed by atoms with Gasteiger partial charge in [-0.1, -0.05) is 151 Å². The Morgan fingerprint density at radius 3 is 1.41 bits per heavy atom. The third-order valence-corrected chi connectivity index (χ3v) is 14.2. The first-order valence-electron chi connectivity index (χ1n) is 22.5. The molecule has 0 bridgehead atoms. The molecule has 0 aliphatic heterocycles. The number of fused-ring (bicyclic) bond motifs is 6. The molecule has 66 heavy (non-hydrogen) atoms. The van der Waals surface area contributed by atoms with Crippen LogP contribution in [0.3, 0.4) is 0 Å². The zero-order valence-corrected chi connectivity index (χ0v) is 38.0. The molecule has 0 spiro atoms. The van der Waals surface area contributed by atoms with Crippen LogP contribution in [0, 0.1) is 27.7 Å². The van der Waals surface area contributed by atoms with Crippen molar-refractivity contribution in [1.82, 2.24) is 19.5 Å². The molecule has 12 rings (SSSR count). The summed E-state index contributed by atoms with van der Waals surface area (Å²) < 4.78 is 4.99. The van der Waals surface area contributed by atoms with Crippen molar-refractivity contribution in [3.05, 3.63) is 216 Å². The fourth-order valence-corrected chi connectivity index (χ4v) is 10.9. The zero-order valence-electron chi connectivity index (χ0n) is 37.2. The van der Waals surface area contributed by atoms with Crippen LogP contribution in [0.1, 0.15) is 22.3 Å². The van der Waals surface area contributed by atoms with E-state index in [-0.39, 0.29) is 0 Å². The SMILES string of the molecule is Cc1ccc(-c2ccc3c(c2)c2cc(-c4ccc(C)cc4C)ccc2n3-c2ccc(-c3ccc4sc5ccccc5c4c3)cc2-c2nc(-c3ccccc3)nc(-c3ccccc3)n2)c(C)c1. The van der Waals surface area contributed by atoms with E-state index >= 15 is 0 Å². The smallest absolute Gasteiger partial charge is 0.166 e. The van der Waals surface area contributed by atoms with E-state index in [1.807, 2.05) is 47.7 Å². The molecular weight excluding hydrogens is 821 g/mol. The van der Waals surface area contributed by atoms with Crippen LogP contribution in [0.4, 0.5) is 0 Å². The fraction of sp³-hybridized carbons (Fsp3) is 0.0656. The summed E-state index contributed by atoms with van der Waals surface area (Å²) in [5, 5.41) is 4.91. The third kappa shape index (κ3) is 6.88. The largest absolute Gasteiger partial charge is 0.308 e. The van der Waals surface area contributed by atoms with E-state index in [0.29, 0.717) is 17.5 Å². The van der Waals surface area contributed by atoms with Gasteiger partial charge in [0.05, 0.1) is 16.7 Å². The molecule has 314 valence electrons. The molecule has 0 aliphatic rings. The lowest BCUT2D eigenvalue weighted by atomic mass is 9.95. The molecule has 0 fully saturated rings. The Morgan fingerprint density at radius 1 is 0.333 bits per heavy atom. The molecule has 0 saturated heterocycles. The standard InChI is InChI=1S/C61H44N4S/c1-37-19-25-47(39(3)31-37)45-22-28-54-50(35-45)51-36-46(48-26-20-38(2)32-40(48)4)23-29-55(51)65(54)56-27-21-43(44-24-30-58-52(33-44)49-17-11-12-18-57(49)66-58)34-53(56)61-63-59(41-13-7-5-8-14-41)62-60(64-61)42-15-9-6-10-16-42/h5-36H,1-4H3. The number of aromatic nitrogens is 4. The van der Waals surface area contributed by atoms with Gasteiger partial charge in [0, 0.05) is 47.6 Å². The van der Waals surface area contributed by atoms with E-state index < -0.39 is 0 Å². The molecule has 0 aliphatic carbocycles. The van der Waals surface area contributed by atoms with E-state index in [1.165, 1.54) is 75.5 Å². The van der Waals surface area contributed by atoms with Gasteiger partial charge in [0.15, 0.2) is 17.5 Å². The maximum Gasteiger partial charge on any atom is 0.166 e. The van der Waals surface area contributed by atoms with Crippen molar-refractivity contribution in [3.63, 3.8) is 0 Å². The van der Waals surface area contributed by atoms with Crippen LogP contribution in [-0.2, 0) is 0 Å². The van der Waals surface area contributed by atoms with Crippen LogP contribution < -0.4 is 0 Å². The van der Waals surface area contributed by atoms with Crippen molar-refractivity contribution in [2.24, 2.45) is 0 Å². The van der Waals surface area contributed by atoms with Gasteiger partial charge in [-0.25, -0.2) is 15.0 Å². The van der Waals surface area contributed by atoms with Crippen molar-refractivity contribution < 1.29 is 0 Å². The minimum Gasteiger partial charge on any atom is -0.308 e. The maximum atomic E-state index is 5.35. The number of hydrogen-bond acceptors (Lipinski definition) is 4. The van der Waals surface area contributed by atoms with Gasteiger partial charge in [0.25, 0.3) is 0 Å². The predicted octanol–water partition coefficient (Wildman–Crippen LogP) is 16.6. The topological polar surface area (TPSA) is 43.6 Å². The first-order chi connectivity index (χ1) is 32.3. The molecule has 9 aromatic carbocycles. The summed E-state index contributed by atoms with van der Waals surface area (Å²) in [6.07, 6.45) is 0. The zero-order chi connectivity index (χ0) is 44.5. The lowest BCUT2D eigenvalue weighted by Crippen LogP contribution is -2.04. The molecule has 0 unspecified atom stereocenters. The summed E-state index contributed by atoms with van der Waals surface area (Å²) in [6, 6.07) is 70.2. The van der Waals surface area contributed by atoms with Crippen LogP contribution in [0.2, 0.25) is 0 Å². The van der Waals surface area contributed by atoms with Crippen LogP contribution in [-0.4, -0.2) is 19.5 Å². The molecule has 3 aromatic heterocycles. The number of hydrogen-bond donors (Lipinski definition) is 0. The summed E-state index contributed by atoms with van der Waals surface area (Å²) in [5.74, 6) is 1.86. The number of thiophene rings is 1. The molecule has 0 radical (unpaired) electrons. The molecular formula is C61H44N4S. The summed E-state index contributed by atoms with van der Waals surface area (Å²) in [6.45, 7) is 8.74. The highest BCUT2D eigenvalue weighted by Gasteiger charge is 2.22. The van der Waals surface area contributed by atoms with Gasteiger partial charge >= 0.3 is 0 Å². The number of benzene rings is 9. The summed E-state index contributed by atoms with van der Waals surface area (Å²) in [4.78, 5) is 15.8. The Bertz CT molecular complexity index is 3700. The van der Waals surface area contributed by atoms with Gasteiger partial charge in [-0.3, -0.25) is 0 Å². The van der Waals surface area contributed by atoms with Crippen molar-refractivity contribution in [2.75, 3.05) is 0 Å². The summed E-state index contributed by atoms with van der Waals surface area (Å²) in [5.41, 5.74) is 18.1. The minimum absolute atomic E-state index is 0.607. The van der Waals surface area contributed by atoms with Gasteiger partial charge in [-0.05, 0) is 127 Å². The Kier molecular flexibility index (Phi) is 9.55. The molecule has 5 heteroatoms. The second-order valence-electron chi connectivity index (χ2n) is 17.5. The average Bonchev–Trinajstić information content (AvgIpc) is 3.89. The fourth-order valence-electron chi connectivity index (χ4n) is 9.82. The predicted molar refractivity (Wildman–Crippen MR) is 279 cm³/mol. The van der Waals surface area contributed by atoms with Crippen LogP contribution in [0.5, 0.6) is 0 Å². The van der Waals surface area contributed by atoms with Crippen molar-refractivity contribution >= 4 is 53.3 Å². The number of rotatable bonds is 7. The lowest BCUT2D eigenvalue weighted by Gasteiger charge is -2.17. The summed E-state index contributed by atoms with van der Waals surface area (Å²) in [7, 11) is 0. The van der Waals surface area contributed by atoms with Gasteiger partial charge in [-0.15, -0.1) is 11.3 Å².